The van der Waals surface area contributed by atoms with Crippen molar-refractivity contribution in [2.24, 2.45) is 5.92 Å². The van der Waals surface area contributed by atoms with Crippen LogP contribution in [-0.2, 0) is 11.3 Å². The van der Waals surface area contributed by atoms with Crippen LogP contribution in [-0.4, -0.2) is 32.5 Å². The van der Waals surface area contributed by atoms with Crippen LogP contribution in [0.25, 0.3) is 10.8 Å². The first-order valence-corrected chi connectivity index (χ1v) is 8.27. The topological polar surface area (TPSA) is 88.3 Å². The molecule has 7 nitrogen and oxygen atoms in total. The molecule has 0 bridgehead atoms. The van der Waals surface area contributed by atoms with Gasteiger partial charge < -0.3 is 9.84 Å². The van der Waals surface area contributed by atoms with Gasteiger partial charge in [-0.2, -0.15) is 4.98 Å². The Hall–Kier alpha value is -2.22. The Morgan fingerprint density at radius 1 is 1.43 bits per heavy atom. The quantitative estimate of drug-likeness (QED) is 0.849. The van der Waals surface area contributed by atoms with Gasteiger partial charge in [-0.05, 0) is 30.7 Å². The molecule has 1 aliphatic heterocycles. The lowest BCUT2D eigenvalue weighted by atomic mass is 9.91. The molecule has 1 fully saturated rings. The molecule has 122 valence electrons. The third-order valence-corrected chi connectivity index (χ3v) is 4.52. The Kier molecular flexibility index (Phi) is 3.93. The van der Waals surface area contributed by atoms with Crippen LogP contribution in [0.15, 0.2) is 22.0 Å². The minimum atomic E-state index is -0.869. The molecule has 3 heterocycles. The lowest BCUT2D eigenvalue weighted by Crippen LogP contribution is -2.44. The van der Waals surface area contributed by atoms with Gasteiger partial charge in [0.15, 0.2) is 5.82 Å². The summed E-state index contributed by atoms with van der Waals surface area (Å²) in [5.41, 5.74) is -0.869. The van der Waals surface area contributed by atoms with Crippen LogP contribution < -0.4 is 5.32 Å². The first-order valence-electron chi connectivity index (χ1n) is 7.39. The maximum Gasteiger partial charge on any atom is 0.325 e. The molecule has 0 radical (unpaired) electrons. The molecule has 3 amide bonds. The van der Waals surface area contributed by atoms with Gasteiger partial charge in [0.05, 0.1) is 11.4 Å². The number of hydrogen-bond acceptors (Lipinski definition) is 6. The zero-order valence-corrected chi connectivity index (χ0v) is 14.0. The second-order valence-corrected chi connectivity index (χ2v) is 7.19. The highest BCUT2D eigenvalue weighted by molar-refractivity contribution is 7.13. The van der Waals surface area contributed by atoms with E-state index in [1.807, 2.05) is 31.4 Å². The number of amides is 3. The summed E-state index contributed by atoms with van der Waals surface area (Å²) in [6.45, 7) is 5.79. The van der Waals surface area contributed by atoms with Gasteiger partial charge in [0.25, 0.3) is 11.8 Å². The Balaban J connectivity index is 1.75. The number of aromatic nitrogens is 2. The normalized spacial score (nSPS) is 21.3. The molecule has 0 aromatic carbocycles. The largest absolute Gasteiger partial charge is 0.333 e. The van der Waals surface area contributed by atoms with Crippen LogP contribution in [0.3, 0.4) is 0 Å². The minimum Gasteiger partial charge on any atom is -0.333 e. The van der Waals surface area contributed by atoms with Gasteiger partial charge in [-0.25, -0.2) is 4.79 Å². The smallest absolute Gasteiger partial charge is 0.325 e. The lowest BCUT2D eigenvalue weighted by molar-refractivity contribution is -0.131. The first-order chi connectivity index (χ1) is 10.9. The fraction of sp³-hybridized carbons (Fsp3) is 0.467. The van der Waals surface area contributed by atoms with Crippen LogP contribution in [0, 0.1) is 5.92 Å². The van der Waals surface area contributed by atoms with Crippen LogP contribution >= 0.6 is 11.3 Å². The number of imide groups is 1. The maximum absolute atomic E-state index is 12.6. The number of hydrogen-bond donors (Lipinski definition) is 1. The molecule has 0 aliphatic carbocycles. The Morgan fingerprint density at radius 2 is 2.22 bits per heavy atom. The number of carbonyl (C=O) groups is 2. The molecule has 0 unspecified atom stereocenters. The summed E-state index contributed by atoms with van der Waals surface area (Å²) in [5, 5.41) is 8.54. The highest BCUT2D eigenvalue weighted by Crippen LogP contribution is 2.27. The predicted molar refractivity (Wildman–Crippen MR) is 84.6 cm³/mol. The van der Waals surface area contributed by atoms with E-state index in [9.17, 15) is 9.59 Å². The van der Waals surface area contributed by atoms with Crippen molar-refractivity contribution in [2.45, 2.75) is 39.3 Å². The van der Waals surface area contributed by atoms with Crippen molar-refractivity contribution in [2.75, 3.05) is 0 Å². The van der Waals surface area contributed by atoms with Gasteiger partial charge in [0.2, 0.25) is 0 Å². The first kappa shape index (κ1) is 15.7. The SMILES string of the molecule is CC(C)C[C@@]1(C)NC(=O)N(Cc2noc(-c3cccs3)n2)C1=O. The molecule has 1 atom stereocenters. The molecule has 1 aliphatic rings. The van der Waals surface area contributed by atoms with Crippen molar-refractivity contribution in [3.8, 4) is 10.8 Å². The molecule has 1 N–H and O–H groups in total. The Labute approximate surface area is 137 Å². The predicted octanol–water partition coefficient (Wildman–Crippen LogP) is 2.65. The number of urea groups is 1. The van der Waals surface area contributed by atoms with Gasteiger partial charge in [-0.15, -0.1) is 11.3 Å². The fourth-order valence-electron chi connectivity index (χ4n) is 2.81. The van der Waals surface area contributed by atoms with E-state index in [2.05, 4.69) is 15.5 Å². The second kappa shape index (κ2) is 5.77. The van der Waals surface area contributed by atoms with E-state index < -0.39 is 11.6 Å². The highest BCUT2D eigenvalue weighted by Gasteiger charge is 2.48. The Bertz CT molecular complexity index is 725. The molecule has 0 spiro atoms. The van der Waals surface area contributed by atoms with Crippen molar-refractivity contribution >= 4 is 23.3 Å². The molecule has 8 heteroatoms. The number of nitrogens with one attached hydrogen (secondary N) is 1. The van der Waals surface area contributed by atoms with E-state index in [1.165, 1.54) is 11.3 Å². The van der Waals surface area contributed by atoms with Crippen LogP contribution in [0.1, 0.15) is 33.0 Å². The molecule has 2 aromatic heterocycles. The van der Waals surface area contributed by atoms with Crippen LogP contribution in [0.2, 0.25) is 0 Å². The van der Waals surface area contributed by atoms with E-state index in [-0.39, 0.29) is 12.5 Å². The highest BCUT2D eigenvalue weighted by atomic mass is 32.1. The van der Waals surface area contributed by atoms with Gasteiger partial charge in [0.1, 0.15) is 5.54 Å². The summed E-state index contributed by atoms with van der Waals surface area (Å²) in [7, 11) is 0. The lowest BCUT2D eigenvalue weighted by Gasteiger charge is -2.23. The van der Waals surface area contributed by atoms with Crippen LogP contribution in [0.4, 0.5) is 4.79 Å². The number of nitrogens with zero attached hydrogens (tertiary/aromatic N) is 3. The molecule has 2 aromatic rings. The fourth-order valence-corrected chi connectivity index (χ4v) is 3.45. The number of thiophene rings is 1. The summed E-state index contributed by atoms with van der Waals surface area (Å²) < 4.78 is 5.19. The summed E-state index contributed by atoms with van der Waals surface area (Å²) in [5.74, 6) is 0.746. The molecular weight excluding hydrogens is 316 g/mol. The summed E-state index contributed by atoms with van der Waals surface area (Å²) >= 11 is 1.48. The van der Waals surface area contributed by atoms with E-state index in [4.69, 9.17) is 4.52 Å². The summed E-state index contributed by atoms with van der Waals surface area (Å²) in [4.78, 5) is 31.0. The third-order valence-electron chi connectivity index (χ3n) is 3.66. The molecular formula is C15H18N4O3S. The van der Waals surface area contributed by atoms with Gasteiger partial charge >= 0.3 is 6.03 Å². The molecule has 3 rings (SSSR count). The molecule has 0 saturated carbocycles. The van der Waals surface area contributed by atoms with E-state index >= 15 is 0 Å². The van der Waals surface area contributed by atoms with Gasteiger partial charge in [0, 0.05) is 0 Å². The van der Waals surface area contributed by atoms with E-state index in [1.54, 1.807) is 6.92 Å². The molecule has 1 saturated heterocycles. The minimum absolute atomic E-state index is 0.00717. The van der Waals surface area contributed by atoms with Crippen molar-refractivity contribution in [1.82, 2.24) is 20.4 Å². The van der Waals surface area contributed by atoms with E-state index in [0.29, 0.717) is 24.1 Å². The summed E-state index contributed by atoms with van der Waals surface area (Å²) in [6.07, 6.45) is 0.584. The van der Waals surface area contributed by atoms with Crippen molar-refractivity contribution < 1.29 is 14.1 Å². The monoisotopic (exact) mass is 334 g/mol. The van der Waals surface area contributed by atoms with Crippen LogP contribution in [0.5, 0.6) is 0 Å². The van der Waals surface area contributed by atoms with Crippen molar-refractivity contribution in [3.05, 3.63) is 23.3 Å². The maximum atomic E-state index is 12.6. The molecule has 23 heavy (non-hydrogen) atoms. The third kappa shape index (κ3) is 2.98. The number of rotatable bonds is 5. The second-order valence-electron chi connectivity index (χ2n) is 6.24. The van der Waals surface area contributed by atoms with Crippen molar-refractivity contribution in [3.63, 3.8) is 0 Å². The van der Waals surface area contributed by atoms with Crippen molar-refractivity contribution in [1.29, 1.82) is 0 Å². The summed E-state index contributed by atoms with van der Waals surface area (Å²) in [6, 6.07) is 3.34. The van der Waals surface area contributed by atoms with Gasteiger partial charge in [-0.3, -0.25) is 9.69 Å². The zero-order chi connectivity index (χ0) is 16.6. The van der Waals surface area contributed by atoms with Gasteiger partial charge in [-0.1, -0.05) is 25.1 Å². The Morgan fingerprint density at radius 3 is 2.87 bits per heavy atom. The zero-order valence-electron chi connectivity index (χ0n) is 13.2. The average molecular weight is 334 g/mol. The number of carbonyl (C=O) groups excluding carboxylic acids is 2. The standard InChI is InChI=1S/C15H18N4O3S/c1-9(2)7-15(3)13(20)19(14(21)17-15)8-11-16-12(22-18-11)10-5-4-6-23-10/h4-6,9H,7-8H2,1-3H3,(H,17,21)/t15-/m1/s1. The average Bonchev–Trinajstić information content (AvgIpc) is 3.16. The van der Waals surface area contributed by atoms with E-state index in [0.717, 1.165) is 9.78 Å².